The molecule has 1 aromatic carbocycles. The summed E-state index contributed by atoms with van der Waals surface area (Å²) in [6.45, 7) is 7.24. The van der Waals surface area contributed by atoms with Gasteiger partial charge in [-0.2, -0.15) is 0 Å². The fraction of sp³-hybridized carbons (Fsp3) is 0.652. The average molecular weight is 405 g/mol. The molecule has 162 valence electrons. The Kier molecular flexibility index (Phi) is 8.96. The van der Waals surface area contributed by atoms with E-state index in [2.05, 4.69) is 5.32 Å². The third-order valence-corrected chi connectivity index (χ3v) is 5.26. The van der Waals surface area contributed by atoms with E-state index in [1.807, 2.05) is 56.0 Å². The van der Waals surface area contributed by atoms with Crippen LogP contribution in [0.4, 0.5) is 4.79 Å². The van der Waals surface area contributed by atoms with Crippen LogP contribution in [0.15, 0.2) is 30.3 Å². The number of aliphatic hydroxyl groups is 1. The molecular weight excluding hydrogens is 368 g/mol. The average Bonchev–Trinajstić information content (AvgIpc) is 2.66. The van der Waals surface area contributed by atoms with Crippen molar-refractivity contribution >= 4 is 12.0 Å². The van der Waals surface area contributed by atoms with Crippen molar-refractivity contribution in [2.75, 3.05) is 19.7 Å². The number of nitrogens with zero attached hydrogens (tertiary/aromatic N) is 1. The molecule has 2 N–H and O–H groups in total. The summed E-state index contributed by atoms with van der Waals surface area (Å²) in [6, 6.07) is 9.80. The zero-order valence-electron chi connectivity index (χ0n) is 18.0. The number of nitrogens with one attached hydrogen (secondary N) is 1. The van der Waals surface area contributed by atoms with Crippen LogP contribution in [0.25, 0.3) is 0 Å². The van der Waals surface area contributed by atoms with Gasteiger partial charge in [0.05, 0.1) is 0 Å². The Labute approximate surface area is 174 Å². The monoisotopic (exact) mass is 404 g/mol. The second-order valence-electron chi connectivity index (χ2n) is 8.91. The molecular formula is C23H36N2O4. The molecule has 6 nitrogen and oxygen atoms in total. The van der Waals surface area contributed by atoms with Crippen molar-refractivity contribution in [1.82, 2.24) is 10.2 Å². The van der Waals surface area contributed by atoms with Crippen molar-refractivity contribution < 1.29 is 19.4 Å². The van der Waals surface area contributed by atoms with Crippen LogP contribution < -0.4 is 5.32 Å². The van der Waals surface area contributed by atoms with Gasteiger partial charge in [0.2, 0.25) is 5.91 Å². The Hall–Kier alpha value is -2.08. The molecule has 1 saturated heterocycles. The maximum Gasteiger partial charge on any atom is 0.407 e. The van der Waals surface area contributed by atoms with Crippen LogP contribution in [0.2, 0.25) is 0 Å². The van der Waals surface area contributed by atoms with E-state index >= 15 is 0 Å². The van der Waals surface area contributed by atoms with Gasteiger partial charge in [0.25, 0.3) is 0 Å². The third-order valence-electron chi connectivity index (χ3n) is 5.26. The first kappa shape index (κ1) is 23.2. The molecule has 1 atom stereocenters. The van der Waals surface area contributed by atoms with E-state index in [9.17, 15) is 9.59 Å². The van der Waals surface area contributed by atoms with E-state index in [4.69, 9.17) is 9.84 Å². The molecule has 6 heteroatoms. The molecule has 0 aromatic heterocycles. The molecule has 1 fully saturated rings. The first-order chi connectivity index (χ1) is 13.8. The van der Waals surface area contributed by atoms with Crippen LogP contribution in [-0.2, 0) is 16.0 Å². The summed E-state index contributed by atoms with van der Waals surface area (Å²) in [4.78, 5) is 26.8. The largest absolute Gasteiger partial charge is 0.444 e. The number of hydrogen-bond donors (Lipinski definition) is 2. The minimum atomic E-state index is -0.559. The molecule has 29 heavy (non-hydrogen) atoms. The predicted octanol–water partition coefficient (Wildman–Crippen LogP) is 3.52. The molecule has 2 amide bonds. The smallest absolute Gasteiger partial charge is 0.407 e. The van der Waals surface area contributed by atoms with Crippen molar-refractivity contribution in [2.45, 2.75) is 70.9 Å². The first-order valence-electron chi connectivity index (χ1n) is 10.7. The van der Waals surface area contributed by atoms with Crippen LogP contribution in [0, 0.1) is 5.92 Å². The Morgan fingerprint density at radius 3 is 2.45 bits per heavy atom. The van der Waals surface area contributed by atoms with Gasteiger partial charge < -0.3 is 20.1 Å². The lowest BCUT2D eigenvalue weighted by atomic mass is 9.93. The quantitative estimate of drug-likeness (QED) is 0.695. The molecule has 1 aromatic rings. The van der Waals surface area contributed by atoms with Gasteiger partial charge in [0.1, 0.15) is 5.60 Å². The zero-order chi connectivity index (χ0) is 21.3. The summed E-state index contributed by atoms with van der Waals surface area (Å²) in [5.41, 5.74) is 0.557. The standard InChI is InChI=1S/C23H36N2O4/c1-23(2,3)29-22(28)24-20(17-19-7-5-4-6-8-19)9-10-21(27)25-14-11-18(12-15-25)13-16-26/h4-8,18,20,26H,9-17H2,1-3H3,(H,24,28)/t20-/m0/s1. The van der Waals surface area contributed by atoms with Gasteiger partial charge >= 0.3 is 6.09 Å². The first-order valence-corrected chi connectivity index (χ1v) is 10.7. The lowest BCUT2D eigenvalue weighted by molar-refractivity contribution is -0.132. The fourth-order valence-corrected chi connectivity index (χ4v) is 3.71. The van der Waals surface area contributed by atoms with Crippen LogP contribution in [-0.4, -0.2) is 53.3 Å². The number of likely N-dealkylation sites (tertiary alicyclic amines) is 1. The molecule has 2 rings (SSSR count). The molecule has 0 unspecified atom stereocenters. The predicted molar refractivity (Wildman–Crippen MR) is 114 cm³/mol. The van der Waals surface area contributed by atoms with Crippen molar-refractivity contribution in [3.63, 3.8) is 0 Å². The van der Waals surface area contributed by atoms with Gasteiger partial charge in [-0.1, -0.05) is 30.3 Å². The molecule has 1 heterocycles. The Morgan fingerprint density at radius 2 is 1.86 bits per heavy atom. The van der Waals surface area contributed by atoms with Gasteiger partial charge in [0.15, 0.2) is 0 Å². The number of carbonyl (C=O) groups excluding carboxylic acids is 2. The van der Waals surface area contributed by atoms with Crippen LogP contribution >= 0.6 is 0 Å². The maximum atomic E-state index is 12.7. The summed E-state index contributed by atoms with van der Waals surface area (Å²) in [7, 11) is 0. The fourth-order valence-electron chi connectivity index (χ4n) is 3.71. The van der Waals surface area contributed by atoms with Gasteiger partial charge in [-0.05, 0) is 64.4 Å². The van der Waals surface area contributed by atoms with Crippen molar-refractivity contribution in [3.05, 3.63) is 35.9 Å². The van der Waals surface area contributed by atoms with E-state index in [0.717, 1.165) is 37.9 Å². The summed E-state index contributed by atoms with van der Waals surface area (Å²) in [5, 5.41) is 12.0. The number of aliphatic hydroxyl groups excluding tert-OH is 1. The molecule has 1 aliphatic rings. The van der Waals surface area contributed by atoms with Crippen LogP contribution in [0.5, 0.6) is 0 Å². The van der Waals surface area contributed by atoms with Gasteiger partial charge in [-0.25, -0.2) is 4.79 Å². The van der Waals surface area contributed by atoms with Crippen LogP contribution in [0.1, 0.15) is 58.4 Å². The number of alkyl carbamates (subject to hydrolysis) is 1. The Bertz CT molecular complexity index is 634. The van der Waals surface area contributed by atoms with Crippen LogP contribution in [0.3, 0.4) is 0 Å². The summed E-state index contributed by atoms with van der Waals surface area (Å²) in [6.07, 6.45) is 3.91. The highest BCUT2D eigenvalue weighted by Gasteiger charge is 2.24. The molecule has 0 spiro atoms. The number of benzene rings is 1. The normalized spacial score (nSPS) is 16.3. The Balaban J connectivity index is 1.89. The highest BCUT2D eigenvalue weighted by Crippen LogP contribution is 2.21. The van der Waals surface area contributed by atoms with E-state index in [1.165, 1.54) is 0 Å². The van der Waals surface area contributed by atoms with E-state index in [-0.39, 0.29) is 18.6 Å². The number of hydrogen-bond acceptors (Lipinski definition) is 4. The van der Waals surface area contributed by atoms with Crippen molar-refractivity contribution in [1.29, 1.82) is 0 Å². The van der Waals surface area contributed by atoms with E-state index in [0.29, 0.717) is 25.2 Å². The number of rotatable bonds is 8. The highest BCUT2D eigenvalue weighted by molar-refractivity contribution is 5.76. The summed E-state index contributed by atoms with van der Waals surface area (Å²) < 4.78 is 5.40. The van der Waals surface area contributed by atoms with Gasteiger partial charge in [0, 0.05) is 32.2 Å². The number of amides is 2. The van der Waals surface area contributed by atoms with Crippen molar-refractivity contribution in [2.24, 2.45) is 5.92 Å². The number of carbonyl (C=O) groups is 2. The van der Waals surface area contributed by atoms with Gasteiger partial charge in [-0.15, -0.1) is 0 Å². The maximum absolute atomic E-state index is 12.7. The SMILES string of the molecule is CC(C)(C)OC(=O)N[C@@H](CCC(=O)N1CCC(CCO)CC1)Cc1ccccc1. The topological polar surface area (TPSA) is 78.9 Å². The molecule has 0 aliphatic carbocycles. The van der Waals surface area contributed by atoms with E-state index < -0.39 is 11.7 Å². The van der Waals surface area contributed by atoms with Crippen molar-refractivity contribution in [3.8, 4) is 0 Å². The lowest BCUT2D eigenvalue weighted by Gasteiger charge is -2.32. The molecule has 0 saturated carbocycles. The zero-order valence-corrected chi connectivity index (χ0v) is 18.0. The Morgan fingerprint density at radius 1 is 1.21 bits per heavy atom. The summed E-state index contributed by atoms with van der Waals surface area (Å²) in [5.74, 6) is 0.653. The number of ether oxygens (including phenoxy) is 1. The molecule has 1 aliphatic heterocycles. The third kappa shape index (κ3) is 8.86. The van der Waals surface area contributed by atoms with Gasteiger partial charge in [-0.3, -0.25) is 4.79 Å². The second kappa shape index (κ2) is 11.2. The summed E-state index contributed by atoms with van der Waals surface area (Å²) >= 11 is 0. The highest BCUT2D eigenvalue weighted by atomic mass is 16.6. The molecule has 0 radical (unpaired) electrons. The number of piperidine rings is 1. The minimum Gasteiger partial charge on any atom is -0.444 e. The molecule has 0 bridgehead atoms. The second-order valence-corrected chi connectivity index (χ2v) is 8.91. The minimum absolute atomic E-state index is 0.136. The van der Waals surface area contributed by atoms with E-state index in [1.54, 1.807) is 0 Å². The lowest BCUT2D eigenvalue weighted by Crippen LogP contribution is -2.42.